The molecule has 0 spiro atoms. The van der Waals surface area contributed by atoms with Gasteiger partial charge in [-0.2, -0.15) is 5.10 Å². The Labute approximate surface area is 225 Å². The highest BCUT2D eigenvalue weighted by molar-refractivity contribution is 5.96. The number of aromatic nitrogens is 5. The van der Waals surface area contributed by atoms with E-state index in [0.29, 0.717) is 29.7 Å². The fraction of sp³-hybridized carbons (Fsp3) is 0.161. The van der Waals surface area contributed by atoms with Gasteiger partial charge in [0, 0.05) is 30.4 Å². The molecule has 0 radical (unpaired) electrons. The largest absolute Gasteiger partial charge is 0.363 e. The van der Waals surface area contributed by atoms with Crippen molar-refractivity contribution in [2.75, 3.05) is 10.6 Å². The van der Waals surface area contributed by atoms with Gasteiger partial charge in [0.1, 0.15) is 11.6 Å². The third-order valence-electron chi connectivity index (χ3n) is 6.52. The lowest BCUT2D eigenvalue weighted by Gasteiger charge is -2.15. The van der Waals surface area contributed by atoms with E-state index in [2.05, 4.69) is 48.5 Å². The number of halogens is 1. The molecule has 194 valence electrons. The van der Waals surface area contributed by atoms with Crippen molar-refractivity contribution in [3.05, 3.63) is 108 Å². The van der Waals surface area contributed by atoms with Crippen molar-refractivity contribution >= 4 is 39.3 Å². The first-order valence-electron chi connectivity index (χ1n) is 12.8. The summed E-state index contributed by atoms with van der Waals surface area (Å²) in [5.74, 6) is 1.47. The molecule has 39 heavy (non-hydrogen) atoms. The Morgan fingerprint density at radius 2 is 1.49 bits per heavy atom. The van der Waals surface area contributed by atoms with Crippen LogP contribution in [0.2, 0.25) is 0 Å². The van der Waals surface area contributed by atoms with Gasteiger partial charge in [-0.15, -0.1) is 0 Å². The lowest BCUT2D eigenvalue weighted by molar-refractivity contribution is 0.560. The minimum atomic E-state index is -0.330. The molecule has 0 saturated heterocycles. The maximum atomic E-state index is 14.2. The normalized spacial score (nSPS) is 11.7. The summed E-state index contributed by atoms with van der Waals surface area (Å²) in [5, 5.41) is 13.9. The van der Waals surface area contributed by atoms with Crippen LogP contribution in [0.25, 0.3) is 27.5 Å². The van der Waals surface area contributed by atoms with E-state index in [9.17, 15) is 4.39 Å². The van der Waals surface area contributed by atoms with Crippen molar-refractivity contribution in [2.24, 2.45) is 0 Å². The molecule has 0 fully saturated rings. The van der Waals surface area contributed by atoms with Crippen molar-refractivity contribution in [2.45, 2.75) is 32.7 Å². The van der Waals surface area contributed by atoms with Crippen LogP contribution in [0.1, 0.15) is 32.0 Å². The van der Waals surface area contributed by atoms with Crippen molar-refractivity contribution in [3.63, 3.8) is 0 Å². The predicted molar refractivity (Wildman–Crippen MR) is 154 cm³/mol. The second kappa shape index (κ2) is 9.79. The molecule has 6 aromatic rings. The first-order chi connectivity index (χ1) is 18.8. The Bertz CT molecular complexity index is 1790. The highest BCUT2D eigenvalue weighted by Crippen LogP contribution is 2.32. The van der Waals surface area contributed by atoms with Crippen LogP contribution in [0.15, 0.2) is 91.3 Å². The fourth-order valence-electron chi connectivity index (χ4n) is 4.40. The molecule has 7 nitrogen and oxygen atoms in total. The zero-order valence-electron chi connectivity index (χ0n) is 22.0. The molecule has 0 amide bonds. The third-order valence-corrected chi connectivity index (χ3v) is 6.52. The molecule has 6 rings (SSSR count). The minimum absolute atomic E-state index is 0.217. The molecule has 0 aliphatic rings. The van der Waals surface area contributed by atoms with E-state index < -0.39 is 0 Å². The molecule has 0 unspecified atom stereocenters. The van der Waals surface area contributed by atoms with Crippen LogP contribution in [0.3, 0.4) is 0 Å². The average molecular weight is 518 g/mol. The van der Waals surface area contributed by atoms with E-state index in [-0.39, 0.29) is 11.2 Å². The van der Waals surface area contributed by atoms with Gasteiger partial charge in [0.15, 0.2) is 11.6 Å². The van der Waals surface area contributed by atoms with Crippen LogP contribution in [0.5, 0.6) is 0 Å². The van der Waals surface area contributed by atoms with Crippen LogP contribution in [0.4, 0.5) is 21.8 Å². The molecule has 0 bridgehead atoms. The summed E-state index contributed by atoms with van der Waals surface area (Å²) in [4.78, 5) is 14.1. The molecule has 3 heterocycles. The monoisotopic (exact) mass is 517 g/mol. The highest BCUT2D eigenvalue weighted by atomic mass is 19.1. The van der Waals surface area contributed by atoms with Gasteiger partial charge >= 0.3 is 0 Å². The third kappa shape index (κ3) is 5.13. The molecule has 0 atom stereocenters. The van der Waals surface area contributed by atoms with Crippen LogP contribution >= 0.6 is 0 Å². The minimum Gasteiger partial charge on any atom is -0.363 e. The number of nitrogens with one attached hydrogen (secondary N) is 2. The van der Waals surface area contributed by atoms with Gasteiger partial charge < -0.3 is 10.6 Å². The van der Waals surface area contributed by atoms with E-state index >= 15 is 0 Å². The van der Waals surface area contributed by atoms with Crippen molar-refractivity contribution in [1.29, 1.82) is 0 Å². The van der Waals surface area contributed by atoms with Gasteiger partial charge in [0.25, 0.3) is 0 Å². The Hall–Kier alpha value is -4.85. The maximum Gasteiger partial charge on any atom is 0.175 e. The Morgan fingerprint density at radius 1 is 0.795 bits per heavy atom. The van der Waals surface area contributed by atoms with E-state index in [1.54, 1.807) is 23.1 Å². The topological polar surface area (TPSA) is 80.5 Å². The number of hydrogen-bond acceptors (Lipinski definition) is 6. The number of pyridine rings is 1. The standard InChI is InChI=1S/C31H28FN7/c1-31(2,3)27-18-28(39(38-27)24-10-6-9-23(32)17-24)37-30-29(34-19-20-11-13-33-14-12-20)35-25-15-21-7-4-5-8-22(21)16-26(25)36-30/h4-18H,19H2,1-3H3,(H,34,35)(H,36,37). The molecular weight excluding hydrogens is 489 g/mol. The van der Waals surface area contributed by atoms with E-state index in [4.69, 9.17) is 15.1 Å². The van der Waals surface area contributed by atoms with Gasteiger partial charge in [-0.3, -0.25) is 4.98 Å². The number of fused-ring (bicyclic) bond motifs is 2. The second-order valence-corrected chi connectivity index (χ2v) is 10.5. The summed E-state index contributed by atoms with van der Waals surface area (Å²) in [6.07, 6.45) is 3.53. The molecule has 0 aliphatic heterocycles. The van der Waals surface area contributed by atoms with Crippen molar-refractivity contribution < 1.29 is 4.39 Å². The van der Waals surface area contributed by atoms with Crippen molar-refractivity contribution in [1.82, 2.24) is 24.7 Å². The lowest BCUT2D eigenvalue weighted by Crippen LogP contribution is -2.12. The lowest BCUT2D eigenvalue weighted by atomic mass is 9.92. The second-order valence-electron chi connectivity index (χ2n) is 10.5. The number of anilines is 3. The number of rotatable bonds is 6. The number of benzene rings is 3. The van der Waals surface area contributed by atoms with Crippen molar-refractivity contribution in [3.8, 4) is 5.69 Å². The predicted octanol–water partition coefficient (Wildman–Crippen LogP) is 7.16. The van der Waals surface area contributed by atoms with Gasteiger partial charge in [0.05, 0.1) is 22.4 Å². The molecule has 0 saturated carbocycles. The Morgan fingerprint density at radius 3 is 2.15 bits per heavy atom. The molecule has 0 aliphatic carbocycles. The maximum absolute atomic E-state index is 14.2. The molecule has 8 heteroatoms. The summed E-state index contributed by atoms with van der Waals surface area (Å²) >= 11 is 0. The Kier molecular flexibility index (Phi) is 6.15. The van der Waals surface area contributed by atoms with E-state index in [0.717, 1.165) is 33.1 Å². The van der Waals surface area contributed by atoms with Crippen LogP contribution in [0, 0.1) is 5.82 Å². The summed E-state index contributed by atoms with van der Waals surface area (Å²) in [7, 11) is 0. The number of hydrogen-bond donors (Lipinski definition) is 2. The average Bonchev–Trinajstić information content (AvgIpc) is 3.36. The van der Waals surface area contributed by atoms with Crippen LogP contribution in [-0.4, -0.2) is 24.7 Å². The van der Waals surface area contributed by atoms with Gasteiger partial charge in [0.2, 0.25) is 0 Å². The van der Waals surface area contributed by atoms with Gasteiger partial charge in [-0.1, -0.05) is 51.1 Å². The molecular formula is C31H28FN7. The van der Waals surface area contributed by atoms with Gasteiger partial charge in [-0.25, -0.2) is 19.0 Å². The smallest absolute Gasteiger partial charge is 0.175 e. The van der Waals surface area contributed by atoms with E-state index in [1.807, 2.05) is 48.5 Å². The van der Waals surface area contributed by atoms with Gasteiger partial charge in [-0.05, 0) is 58.8 Å². The van der Waals surface area contributed by atoms with Crippen LogP contribution < -0.4 is 10.6 Å². The fourth-order valence-corrected chi connectivity index (χ4v) is 4.40. The molecule has 2 N–H and O–H groups in total. The molecule has 3 aromatic carbocycles. The Balaban J connectivity index is 1.48. The highest BCUT2D eigenvalue weighted by Gasteiger charge is 2.22. The zero-order valence-corrected chi connectivity index (χ0v) is 22.0. The quantitative estimate of drug-likeness (QED) is 0.228. The van der Waals surface area contributed by atoms with Crippen LogP contribution in [-0.2, 0) is 12.0 Å². The number of nitrogens with zero attached hydrogens (tertiary/aromatic N) is 5. The first kappa shape index (κ1) is 24.5. The SMILES string of the molecule is CC(C)(C)c1cc(Nc2nc3cc4ccccc4cc3nc2NCc2ccncc2)n(-c2cccc(F)c2)n1. The molecule has 3 aromatic heterocycles. The first-order valence-corrected chi connectivity index (χ1v) is 12.8. The van der Waals surface area contributed by atoms with E-state index in [1.165, 1.54) is 12.1 Å². The summed E-state index contributed by atoms with van der Waals surface area (Å²) in [6.45, 7) is 6.83. The zero-order chi connectivity index (χ0) is 27.0. The summed E-state index contributed by atoms with van der Waals surface area (Å²) in [6, 6.07) is 24.5. The summed E-state index contributed by atoms with van der Waals surface area (Å²) in [5.41, 5.74) is 3.87. The summed E-state index contributed by atoms with van der Waals surface area (Å²) < 4.78 is 15.9.